The Labute approximate surface area is 97.7 Å². The van der Waals surface area contributed by atoms with E-state index >= 15 is 0 Å². The maximum atomic E-state index is 10.7. The Morgan fingerprint density at radius 2 is 2.18 bits per heavy atom. The Bertz CT molecular complexity index is 408. The van der Waals surface area contributed by atoms with Crippen molar-refractivity contribution >= 4 is 11.6 Å². The van der Waals surface area contributed by atoms with E-state index in [1.807, 2.05) is 0 Å². The molecule has 0 spiro atoms. The van der Waals surface area contributed by atoms with E-state index in [0.717, 1.165) is 0 Å². The van der Waals surface area contributed by atoms with Crippen LogP contribution in [-0.4, -0.2) is 24.0 Å². The van der Waals surface area contributed by atoms with E-state index in [0.29, 0.717) is 18.5 Å². The number of para-hydroxylation sites is 1. The van der Waals surface area contributed by atoms with Crippen molar-refractivity contribution in [2.75, 3.05) is 13.2 Å². The van der Waals surface area contributed by atoms with Crippen molar-refractivity contribution in [3.8, 4) is 0 Å². The number of nitrogens with two attached hydrogens (primary N) is 1. The lowest BCUT2D eigenvalue weighted by Crippen LogP contribution is -2.26. The van der Waals surface area contributed by atoms with Gasteiger partial charge in [-0.15, -0.1) is 0 Å². The number of hydrogen-bond donors (Lipinski definition) is 2. The molecule has 92 valence electrons. The van der Waals surface area contributed by atoms with Crippen LogP contribution in [0.15, 0.2) is 24.3 Å². The molecule has 0 aliphatic carbocycles. The quantitative estimate of drug-likeness (QED) is 0.400. The number of nitro groups is 1. The zero-order valence-electron chi connectivity index (χ0n) is 9.09. The van der Waals surface area contributed by atoms with Crippen molar-refractivity contribution in [1.82, 2.24) is 5.48 Å². The summed E-state index contributed by atoms with van der Waals surface area (Å²) < 4.78 is 0. The lowest BCUT2D eigenvalue weighted by Gasteiger charge is -2.04. The molecular weight excluding hydrogens is 226 g/mol. The van der Waals surface area contributed by atoms with Crippen LogP contribution < -0.4 is 11.2 Å². The van der Waals surface area contributed by atoms with E-state index in [2.05, 4.69) is 5.48 Å². The highest BCUT2D eigenvalue weighted by molar-refractivity contribution is 5.74. The van der Waals surface area contributed by atoms with Gasteiger partial charge in [0, 0.05) is 18.2 Å². The van der Waals surface area contributed by atoms with Crippen LogP contribution in [0.25, 0.3) is 0 Å². The molecule has 17 heavy (non-hydrogen) atoms. The van der Waals surface area contributed by atoms with Gasteiger partial charge in [-0.1, -0.05) is 18.2 Å². The molecule has 0 heterocycles. The molecule has 3 N–H and O–H groups in total. The van der Waals surface area contributed by atoms with Gasteiger partial charge in [-0.3, -0.25) is 19.7 Å². The van der Waals surface area contributed by atoms with Gasteiger partial charge in [-0.05, 0) is 6.42 Å². The van der Waals surface area contributed by atoms with Crippen LogP contribution in [0.1, 0.15) is 5.56 Å². The monoisotopic (exact) mass is 239 g/mol. The summed E-state index contributed by atoms with van der Waals surface area (Å²) in [5.41, 5.74) is 8.04. The molecule has 1 aromatic rings. The number of hydroxylamine groups is 1. The molecule has 1 rings (SSSR count). The number of carbonyl (C=O) groups excluding carboxylic acids is 1. The summed E-state index contributed by atoms with van der Waals surface area (Å²) in [6.07, 6.45) is 0.427. The Balaban J connectivity index is 2.41. The van der Waals surface area contributed by atoms with Crippen molar-refractivity contribution in [2.24, 2.45) is 5.73 Å². The van der Waals surface area contributed by atoms with Gasteiger partial charge in [0.15, 0.2) is 0 Å². The lowest BCUT2D eigenvalue weighted by molar-refractivity contribution is -0.385. The zero-order chi connectivity index (χ0) is 12.7. The summed E-state index contributed by atoms with van der Waals surface area (Å²) in [6, 6.07) is 6.46. The highest BCUT2D eigenvalue weighted by Gasteiger charge is 2.11. The Kier molecular flexibility index (Phi) is 5.05. The molecular formula is C10H13N3O4. The number of hydrogen-bond acceptors (Lipinski definition) is 5. The van der Waals surface area contributed by atoms with Gasteiger partial charge >= 0.3 is 0 Å². The molecule has 0 saturated carbocycles. The first-order valence-electron chi connectivity index (χ1n) is 4.96. The third-order valence-corrected chi connectivity index (χ3v) is 2.00. The lowest BCUT2D eigenvalue weighted by atomic mass is 10.1. The molecule has 0 unspecified atom stereocenters. The number of nitrogens with one attached hydrogen (secondary N) is 1. The summed E-state index contributed by atoms with van der Waals surface area (Å²) in [7, 11) is 0. The third kappa shape index (κ3) is 4.58. The molecule has 0 saturated heterocycles. The van der Waals surface area contributed by atoms with Gasteiger partial charge in [-0.2, -0.15) is 0 Å². The van der Waals surface area contributed by atoms with Crippen LogP contribution >= 0.6 is 0 Å². The molecule has 0 aliphatic heterocycles. The van der Waals surface area contributed by atoms with Crippen molar-refractivity contribution in [3.63, 3.8) is 0 Å². The minimum Gasteiger partial charge on any atom is -0.368 e. The highest BCUT2D eigenvalue weighted by atomic mass is 16.6. The van der Waals surface area contributed by atoms with E-state index < -0.39 is 10.8 Å². The predicted molar refractivity (Wildman–Crippen MR) is 59.9 cm³/mol. The number of primary amides is 1. The smallest absolute Gasteiger partial charge is 0.272 e. The van der Waals surface area contributed by atoms with E-state index in [-0.39, 0.29) is 12.3 Å². The number of benzene rings is 1. The Morgan fingerprint density at radius 3 is 2.82 bits per heavy atom. The topological polar surface area (TPSA) is 107 Å². The summed E-state index contributed by atoms with van der Waals surface area (Å²) in [5.74, 6) is -0.580. The Hall–Kier alpha value is -1.99. The molecule has 7 nitrogen and oxygen atoms in total. The number of rotatable bonds is 7. The van der Waals surface area contributed by atoms with E-state index in [4.69, 9.17) is 10.6 Å². The van der Waals surface area contributed by atoms with Crippen molar-refractivity contribution in [1.29, 1.82) is 0 Å². The number of nitro benzene ring substituents is 1. The van der Waals surface area contributed by atoms with Gasteiger partial charge < -0.3 is 5.73 Å². The maximum Gasteiger partial charge on any atom is 0.272 e. The molecule has 0 radical (unpaired) electrons. The first kappa shape index (κ1) is 13.1. The second-order valence-corrected chi connectivity index (χ2v) is 3.29. The van der Waals surface area contributed by atoms with Gasteiger partial charge in [0.25, 0.3) is 5.69 Å². The SMILES string of the molecule is NC(=O)CONCCc1ccccc1[N+](=O)[O-]. The summed E-state index contributed by atoms with van der Waals surface area (Å²) in [5, 5.41) is 10.7. The highest BCUT2D eigenvalue weighted by Crippen LogP contribution is 2.17. The van der Waals surface area contributed by atoms with Crippen LogP contribution in [-0.2, 0) is 16.1 Å². The van der Waals surface area contributed by atoms with Crippen molar-refractivity contribution in [2.45, 2.75) is 6.42 Å². The van der Waals surface area contributed by atoms with Crippen LogP contribution in [0.5, 0.6) is 0 Å². The van der Waals surface area contributed by atoms with E-state index in [1.54, 1.807) is 18.2 Å². The van der Waals surface area contributed by atoms with Crippen LogP contribution in [0.3, 0.4) is 0 Å². The molecule has 0 atom stereocenters. The van der Waals surface area contributed by atoms with Crippen molar-refractivity contribution < 1.29 is 14.6 Å². The molecule has 0 aromatic heterocycles. The summed E-state index contributed by atoms with van der Waals surface area (Å²) in [6.45, 7) is 0.134. The van der Waals surface area contributed by atoms with Gasteiger partial charge in [0.1, 0.15) is 6.61 Å². The number of nitrogens with zero attached hydrogens (tertiary/aromatic N) is 1. The number of amides is 1. The predicted octanol–water partition coefficient (Wildman–Crippen LogP) is 0.144. The first-order valence-corrected chi connectivity index (χ1v) is 4.96. The number of carbonyl (C=O) groups is 1. The summed E-state index contributed by atoms with van der Waals surface area (Å²) >= 11 is 0. The normalized spacial score (nSPS) is 10.1. The zero-order valence-corrected chi connectivity index (χ0v) is 9.09. The fraction of sp³-hybridized carbons (Fsp3) is 0.300. The van der Waals surface area contributed by atoms with Gasteiger partial charge in [0.05, 0.1) is 4.92 Å². The van der Waals surface area contributed by atoms with Crippen molar-refractivity contribution in [3.05, 3.63) is 39.9 Å². The molecule has 0 bridgehead atoms. The fourth-order valence-corrected chi connectivity index (χ4v) is 1.28. The molecule has 7 heteroatoms. The van der Waals surface area contributed by atoms with Gasteiger partial charge in [0.2, 0.25) is 5.91 Å². The van der Waals surface area contributed by atoms with E-state index in [9.17, 15) is 14.9 Å². The van der Waals surface area contributed by atoms with Crippen LogP contribution in [0.2, 0.25) is 0 Å². The Morgan fingerprint density at radius 1 is 1.47 bits per heavy atom. The second kappa shape index (κ2) is 6.56. The maximum absolute atomic E-state index is 10.7. The summed E-state index contributed by atoms with van der Waals surface area (Å²) in [4.78, 5) is 25.3. The first-order chi connectivity index (χ1) is 8.11. The van der Waals surface area contributed by atoms with E-state index in [1.165, 1.54) is 6.07 Å². The van der Waals surface area contributed by atoms with Gasteiger partial charge in [-0.25, -0.2) is 5.48 Å². The average molecular weight is 239 g/mol. The largest absolute Gasteiger partial charge is 0.368 e. The standard InChI is InChI=1S/C10H13N3O4/c11-10(14)7-17-12-6-5-8-3-1-2-4-9(8)13(15)16/h1-4,12H,5-7H2,(H2,11,14). The van der Waals surface area contributed by atoms with Crippen LogP contribution in [0, 0.1) is 10.1 Å². The second-order valence-electron chi connectivity index (χ2n) is 3.29. The minimum atomic E-state index is -0.580. The molecule has 0 fully saturated rings. The molecule has 1 amide bonds. The van der Waals surface area contributed by atoms with Crippen LogP contribution in [0.4, 0.5) is 5.69 Å². The molecule has 0 aliphatic rings. The molecule has 1 aromatic carbocycles. The average Bonchev–Trinajstić information content (AvgIpc) is 2.28. The third-order valence-electron chi connectivity index (χ3n) is 2.00. The fourth-order valence-electron chi connectivity index (χ4n) is 1.28. The minimum absolute atomic E-state index is 0.0733.